The van der Waals surface area contributed by atoms with E-state index in [1.54, 1.807) is 6.07 Å². The van der Waals surface area contributed by atoms with Gasteiger partial charge < -0.3 is 4.90 Å². The van der Waals surface area contributed by atoms with Crippen molar-refractivity contribution >= 4 is 33.4 Å². The Hall–Kier alpha value is -0.750. The van der Waals surface area contributed by atoms with E-state index in [1.165, 1.54) is 12.1 Å². The van der Waals surface area contributed by atoms with E-state index in [9.17, 15) is 18.0 Å². The summed E-state index contributed by atoms with van der Waals surface area (Å²) in [5.41, 5.74) is 0.108. The molecule has 0 aliphatic rings. The van der Waals surface area contributed by atoms with Crippen LogP contribution in [-0.2, 0) is 0 Å². The average molecular weight is 331 g/mol. The lowest BCUT2D eigenvalue weighted by Gasteiger charge is -2.19. The van der Waals surface area contributed by atoms with Gasteiger partial charge in [0.2, 0.25) is 0 Å². The minimum absolute atomic E-state index is 0.108. The van der Waals surface area contributed by atoms with Crippen LogP contribution in [0, 0.1) is 0 Å². The van der Waals surface area contributed by atoms with Gasteiger partial charge in [0.05, 0.1) is 0 Å². The van der Waals surface area contributed by atoms with Gasteiger partial charge in [-0.15, -0.1) is 0 Å². The maximum absolute atomic E-state index is 12.1. The molecule has 0 N–H and O–H groups in total. The number of hydrogen-bond donors (Lipinski definition) is 0. The van der Waals surface area contributed by atoms with Crippen LogP contribution in [0.2, 0.25) is 5.02 Å². The average Bonchev–Trinajstić information content (AvgIpc) is 2.12. The van der Waals surface area contributed by atoms with Crippen molar-refractivity contribution in [3.8, 4) is 0 Å². The normalized spacial score (nSPS) is 11.4. The van der Waals surface area contributed by atoms with Gasteiger partial charge in [0.25, 0.3) is 5.91 Å². The smallest absolute Gasteiger partial charge is 0.333 e. The van der Waals surface area contributed by atoms with Crippen LogP contribution in [0.5, 0.6) is 0 Å². The number of halogens is 5. The number of amides is 1. The quantitative estimate of drug-likeness (QED) is 0.809. The molecule has 0 bridgehead atoms. The van der Waals surface area contributed by atoms with Gasteiger partial charge in [-0.2, -0.15) is 13.2 Å². The molecule has 0 saturated heterocycles. The third kappa shape index (κ3) is 4.55. The molecule has 0 fully saturated rings. The number of rotatable bonds is 2. The Bertz CT molecular complexity index is 416. The molecule has 0 unspecified atom stereocenters. The Balaban J connectivity index is 2.89. The highest BCUT2D eigenvalue weighted by Crippen LogP contribution is 2.22. The number of nitrogens with zero attached hydrogens (tertiary/aromatic N) is 1. The number of carbonyl (C=O) groups is 1. The number of carbonyl (C=O) groups excluding carboxylic acids is 1. The van der Waals surface area contributed by atoms with Gasteiger partial charge >= 0.3 is 6.18 Å². The fourth-order valence-electron chi connectivity index (χ4n) is 1.24. The monoisotopic (exact) mass is 329 g/mol. The van der Waals surface area contributed by atoms with Crippen LogP contribution in [0.15, 0.2) is 22.7 Å². The molecule has 0 aliphatic carbocycles. The fraction of sp³-hybridized carbons (Fsp3) is 0.300. The number of alkyl halides is 3. The fourth-order valence-corrected chi connectivity index (χ4v) is 2.10. The Morgan fingerprint density at radius 3 is 2.47 bits per heavy atom. The third-order valence-corrected chi connectivity index (χ3v) is 2.55. The van der Waals surface area contributed by atoms with E-state index in [4.69, 9.17) is 11.6 Å². The van der Waals surface area contributed by atoms with Crippen molar-refractivity contribution in [3.63, 3.8) is 0 Å². The van der Waals surface area contributed by atoms with Gasteiger partial charge in [0, 0.05) is 22.1 Å². The minimum atomic E-state index is -4.42. The first kappa shape index (κ1) is 14.3. The molecule has 0 heterocycles. The highest BCUT2D eigenvalue weighted by atomic mass is 79.9. The van der Waals surface area contributed by atoms with E-state index in [-0.39, 0.29) is 10.6 Å². The highest BCUT2D eigenvalue weighted by Gasteiger charge is 2.31. The van der Waals surface area contributed by atoms with Crippen molar-refractivity contribution in [1.29, 1.82) is 0 Å². The minimum Gasteiger partial charge on any atom is -0.333 e. The number of benzene rings is 1. The van der Waals surface area contributed by atoms with Gasteiger partial charge in [-0.3, -0.25) is 4.79 Å². The van der Waals surface area contributed by atoms with E-state index < -0.39 is 18.6 Å². The Labute approximate surface area is 109 Å². The first-order valence-corrected chi connectivity index (χ1v) is 5.64. The summed E-state index contributed by atoms with van der Waals surface area (Å²) < 4.78 is 36.9. The topological polar surface area (TPSA) is 20.3 Å². The molecule has 0 saturated carbocycles. The standard InChI is InChI=1S/C10H8BrClF3NO/c1-16(5-10(13,14)15)9(17)6-2-7(11)4-8(12)3-6/h2-4H,5H2,1H3. The summed E-state index contributed by atoms with van der Waals surface area (Å²) in [5.74, 6) is -0.731. The second-order valence-electron chi connectivity index (χ2n) is 3.43. The first-order chi connectivity index (χ1) is 7.69. The van der Waals surface area contributed by atoms with Crippen molar-refractivity contribution in [3.05, 3.63) is 33.3 Å². The third-order valence-electron chi connectivity index (χ3n) is 1.87. The molecule has 1 aromatic rings. The second kappa shape index (κ2) is 5.27. The largest absolute Gasteiger partial charge is 0.406 e. The molecule has 7 heteroatoms. The Morgan fingerprint density at radius 1 is 1.41 bits per heavy atom. The lowest BCUT2D eigenvalue weighted by molar-refractivity contribution is -0.138. The van der Waals surface area contributed by atoms with Crippen molar-refractivity contribution in [2.75, 3.05) is 13.6 Å². The summed E-state index contributed by atoms with van der Waals surface area (Å²) in [6, 6.07) is 4.28. The highest BCUT2D eigenvalue weighted by molar-refractivity contribution is 9.10. The molecule has 2 nitrogen and oxygen atoms in total. The molecule has 0 aromatic heterocycles. The lowest BCUT2D eigenvalue weighted by Crippen LogP contribution is -2.35. The maximum atomic E-state index is 12.1. The van der Waals surface area contributed by atoms with E-state index in [1.807, 2.05) is 0 Å². The van der Waals surface area contributed by atoms with Gasteiger partial charge in [-0.25, -0.2) is 0 Å². The summed E-state index contributed by atoms with van der Waals surface area (Å²) >= 11 is 8.82. The SMILES string of the molecule is CN(CC(F)(F)F)C(=O)c1cc(Cl)cc(Br)c1. The van der Waals surface area contributed by atoms with Gasteiger partial charge in [0.1, 0.15) is 6.54 Å². The van der Waals surface area contributed by atoms with Crippen LogP contribution in [0.3, 0.4) is 0 Å². The van der Waals surface area contributed by atoms with Crippen LogP contribution in [0.1, 0.15) is 10.4 Å². The molecule has 0 spiro atoms. The van der Waals surface area contributed by atoms with Gasteiger partial charge in [-0.05, 0) is 18.2 Å². The van der Waals surface area contributed by atoms with Gasteiger partial charge in [-0.1, -0.05) is 27.5 Å². The molecule has 0 atom stereocenters. The van der Waals surface area contributed by atoms with Crippen molar-refractivity contribution in [1.82, 2.24) is 4.90 Å². The second-order valence-corrected chi connectivity index (χ2v) is 4.79. The molecule has 1 amide bonds. The van der Waals surface area contributed by atoms with Crippen LogP contribution in [-0.4, -0.2) is 30.6 Å². The molecule has 94 valence electrons. The molecular formula is C10H8BrClF3NO. The molecule has 0 aliphatic heterocycles. The predicted molar refractivity (Wildman–Crippen MR) is 62.2 cm³/mol. The van der Waals surface area contributed by atoms with Crippen LogP contribution in [0.4, 0.5) is 13.2 Å². The first-order valence-electron chi connectivity index (χ1n) is 4.47. The van der Waals surface area contributed by atoms with E-state index in [0.717, 1.165) is 7.05 Å². The molecular weight excluding hydrogens is 322 g/mol. The summed E-state index contributed by atoms with van der Waals surface area (Å²) in [7, 11) is 1.09. The van der Waals surface area contributed by atoms with Gasteiger partial charge in [0.15, 0.2) is 0 Å². The zero-order chi connectivity index (χ0) is 13.2. The zero-order valence-corrected chi connectivity index (χ0v) is 11.0. The van der Waals surface area contributed by atoms with Crippen LogP contribution >= 0.6 is 27.5 Å². The van der Waals surface area contributed by atoms with E-state index in [2.05, 4.69) is 15.9 Å². The summed E-state index contributed by atoms with van der Waals surface area (Å²) in [6.07, 6.45) is -4.42. The van der Waals surface area contributed by atoms with Crippen molar-refractivity contribution in [2.24, 2.45) is 0 Å². The summed E-state index contributed by atoms with van der Waals surface area (Å²) in [4.78, 5) is 12.3. The van der Waals surface area contributed by atoms with Crippen molar-refractivity contribution < 1.29 is 18.0 Å². The summed E-state index contributed by atoms with van der Waals surface area (Å²) in [5, 5.41) is 0.281. The predicted octanol–water partition coefficient (Wildman–Crippen LogP) is 3.74. The zero-order valence-electron chi connectivity index (χ0n) is 8.68. The molecule has 17 heavy (non-hydrogen) atoms. The van der Waals surface area contributed by atoms with Crippen molar-refractivity contribution in [2.45, 2.75) is 6.18 Å². The van der Waals surface area contributed by atoms with E-state index >= 15 is 0 Å². The molecule has 0 radical (unpaired) electrons. The molecule has 1 aromatic carbocycles. The summed E-state index contributed by atoms with van der Waals surface area (Å²) in [6.45, 7) is -1.30. The Kier molecular flexibility index (Phi) is 4.43. The maximum Gasteiger partial charge on any atom is 0.406 e. The number of hydrogen-bond acceptors (Lipinski definition) is 1. The van der Waals surface area contributed by atoms with Crippen LogP contribution in [0.25, 0.3) is 0 Å². The lowest BCUT2D eigenvalue weighted by atomic mass is 10.2. The Morgan fingerprint density at radius 2 is 2.00 bits per heavy atom. The molecule has 1 rings (SSSR count). The van der Waals surface area contributed by atoms with E-state index in [0.29, 0.717) is 9.37 Å². The van der Waals surface area contributed by atoms with Crippen LogP contribution < -0.4 is 0 Å².